The lowest BCUT2D eigenvalue weighted by Gasteiger charge is -2.37. The van der Waals surface area contributed by atoms with Gasteiger partial charge in [-0.2, -0.15) is 11.3 Å². The molecule has 1 aliphatic carbocycles. The van der Waals surface area contributed by atoms with Crippen molar-refractivity contribution in [3.05, 3.63) is 46.8 Å². The molecule has 24 heavy (non-hydrogen) atoms. The van der Waals surface area contributed by atoms with E-state index in [0.717, 1.165) is 18.4 Å². The quantitative estimate of drug-likeness (QED) is 0.856. The van der Waals surface area contributed by atoms with Crippen molar-refractivity contribution in [2.45, 2.75) is 25.0 Å². The third-order valence-electron chi connectivity index (χ3n) is 4.77. The van der Waals surface area contributed by atoms with E-state index in [1.165, 1.54) is 0 Å². The number of pyridine rings is 1. The zero-order chi connectivity index (χ0) is 16.4. The molecule has 1 saturated heterocycles. The van der Waals surface area contributed by atoms with Gasteiger partial charge in [0.05, 0.1) is 30.9 Å². The van der Waals surface area contributed by atoms with Crippen molar-refractivity contribution in [3.8, 4) is 5.88 Å². The maximum absolute atomic E-state index is 12.7. The normalized spacial score (nSPS) is 26.2. The van der Waals surface area contributed by atoms with Crippen LogP contribution in [0.2, 0.25) is 0 Å². The first-order valence-corrected chi connectivity index (χ1v) is 9.24. The van der Waals surface area contributed by atoms with Gasteiger partial charge >= 0.3 is 0 Å². The Bertz CT molecular complexity index is 677. The molecule has 3 atom stereocenters. The molecule has 0 N–H and O–H groups in total. The van der Waals surface area contributed by atoms with Crippen molar-refractivity contribution >= 4 is 17.2 Å². The van der Waals surface area contributed by atoms with Crippen molar-refractivity contribution in [1.82, 2.24) is 9.88 Å². The molecule has 6 heteroatoms. The van der Waals surface area contributed by atoms with E-state index in [-0.39, 0.29) is 18.1 Å². The molecule has 1 saturated carbocycles. The van der Waals surface area contributed by atoms with Crippen LogP contribution in [0.15, 0.2) is 41.2 Å². The minimum Gasteiger partial charge on any atom is -0.477 e. The summed E-state index contributed by atoms with van der Waals surface area (Å²) in [4.78, 5) is 18.9. The van der Waals surface area contributed by atoms with Crippen molar-refractivity contribution < 1.29 is 14.3 Å². The maximum atomic E-state index is 12.7. The number of carbonyl (C=O) groups is 1. The molecule has 2 aromatic rings. The molecule has 4 rings (SSSR count). The van der Waals surface area contributed by atoms with Crippen molar-refractivity contribution in [3.63, 3.8) is 0 Å². The minimum atomic E-state index is 0.124. The summed E-state index contributed by atoms with van der Waals surface area (Å²) >= 11 is 1.56. The molecule has 5 nitrogen and oxygen atoms in total. The van der Waals surface area contributed by atoms with Crippen LogP contribution in [0.25, 0.3) is 0 Å². The lowest BCUT2D eigenvalue weighted by atomic mass is 10.1. The Morgan fingerprint density at radius 1 is 1.38 bits per heavy atom. The molecule has 0 aromatic carbocycles. The molecule has 0 unspecified atom stereocenters. The number of hydrogen-bond donors (Lipinski definition) is 0. The average molecular weight is 344 g/mol. The molecule has 2 aliphatic rings. The Morgan fingerprint density at radius 2 is 2.33 bits per heavy atom. The van der Waals surface area contributed by atoms with Crippen molar-refractivity contribution in [2.75, 3.05) is 19.8 Å². The third kappa shape index (κ3) is 3.16. The number of nitrogens with zero attached hydrogens (tertiary/aromatic N) is 2. The Kier molecular flexibility index (Phi) is 4.49. The first-order chi connectivity index (χ1) is 11.8. The number of thiophene rings is 1. The SMILES string of the molecule is O=C(c1ccsc1)N1CCO[C@@H]2C[C@@H](COc3ccccn3)C[C@H]21. The number of amides is 1. The molecule has 3 heterocycles. The number of morpholine rings is 1. The van der Waals surface area contributed by atoms with Gasteiger partial charge in [0.15, 0.2) is 0 Å². The van der Waals surface area contributed by atoms with Gasteiger partial charge in [-0.3, -0.25) is 4.79 Å². The van der Waals surface area contributed by atoms with Gasteiger partial charge in [-0.05, 0) is 36.3 Å². The lowest BCUT2D eigenvalue weighted by Crippen LogP contribution is -2.51. The monoisotopic (exact) mass is 344 g/mol. The van der Waals surface area contributed by atoms with Gasteiger partial charge in [-0.1, -0.05) is 6.07 Å². The number of ether oxygens (including phenoxy) is 2. The fraction of sp³-hybridized carbons (Fsp3) is 0.444. The molecule has 2 fully saturated rings. The summed E-state index contributed by atoms with van der Waals surface area (Å²) in [6.07, 6.45) is 3.71. The highest BCUT2D eigenvalue weighted by atomic mass is 32.1. The van der Waals surface area contributed by atoms with E-state index in [9.17, 15) is 4.79 Å². The van der Waals surface area contributed by atoms with Gasteiger partial charge in [0.25, 0.3) is 5.91 Å². The fourth-order valence-corrected chi connectivity index (χ4v) is 4.26. The van der Waals surface area contributed by atoms with E-state index in [1.54, 1.807) is 17.5 Å². The highest BCUT2D eigenvalue weighted by Gasteiger charge is 2.43. The first-order valence-electron chi connectivity index (χ1n) is 8.30. The number of aromatic nitrogens is 1. The van der Waals surface area contributed by atoms with Crippen LogP contribution in [0, 0.1) is 5.92 Å². The fourth-order valence-electron chi connectivity index (χ4n) is 3.63. The topological polar surface area (TPSA) is 51.7 Å². The predicted molar refractivity (Wildman–Crippen MR) is 91.3 cm³/mol. The smallest absolute Gasteiger partial charge is 0.255 e. The predicted octanol–water partition coefficient (Wildman–Crippen LogP) is 2.84. The van der Waals surface area contributed by atoms with E-state index in [1.807, 2.05) is 39.9 Å². The van der Waals surface area contributed by atoms with Gasteiger partial charge in [0, 0.05) is 24.2 Å². The zero-order valence-corrected chi connectivity index (χ0v) is 14.2. The largest absolute Gasteiger partial charge is 0.477 e. The van der Waals surface area contributed by atoms with Crippen LogP contribution in [0.4, 0.5) is 0 Å². The van der Waals surface area contributed by atoms with Gasteiger partial charge in [-0.25, -0.2) is 4.98 Å². The van der Waals surface area contributed by atoms with E-state index < -0.39 is 0 Å². The van der Waals surface area contributed by atoms with Gasteiger partial charge in [-0.15, -0.1) is 0 Å². The second kappa shape index (κ2) is 6.91. The highest BCUT2D eigenvalue weighted by molar-refractivity contribution is 7.08. The van der Waals surface area contributed by atoms with E-state index in [4.69, 9.17) is 9.47 Å². The summed E-state index contributed by atoms with van der Waals surface area (Å²) in [5.74, 6) is 1.17. The number of hydrogen-bond acceptors (Lipinski definition) is 5. The standard InChI is InChI=1S/C18H20N2O3S/c21-18(14-4-8-24-12-14)20-6-7-22-16-10-13(9-15(16)20)11-23-17-3-1-2-5-19-17/h1-5,8,12-13,15-16H,6-7,9-11H2/t13-,15+,16+/m0/s1. The Hall–Kier alpha value is -1.92. The maximum Gasteiger partial charge on any atom is 0.255 e. The Balaban J connectivity index is 1.40. The summed E-state index contributed by atoms with van der Waals surface area (Å²) in [5.41, 5.74) is 0.786. The molecule has 0 spiro atoms. The molecular formula is C18H20N2O3S. The molecule has 0 radical (unpaired) electrons. The molecule has 1 aliphatic heterocycles. The molecule has 126 valence electrons. The van der Waals surface area contributed by atoms with E-state index >= 15 is 0 Å². The average Bonchev–Trinajstić information content (AvgIpc) is 3.29. The third-order valence-corrected chi connectivity index (χ3v) is 5.45. The van der Waals surface area contributed by atoms with E-state index in [0.29, 0.717) is 31.6 Å². The van der Waals surface area contributed by atoms with Crippen molar-refractivity contribution in [1.29, 1.82) is 0 Å². The summed E-state index contributed by atoms with van der Waals surface area (Å²) in [7, 11) is 0. The highest BCUT2D eigenvalue weighted by Crippen LogP contribution is 2.35. The van der Waals surface area contributed by atoms with Gasteiger partial charge < -0.3 is 14.4 Å². The first kappa shape index (κ1) is 15.6. The number of fused-ring (bicyclic) bond motifs is 1. The van der Waals surface area contributed by atoms with Crippen LogP contribution < -0.4 is 4.74 Å². The van der Waals surface area contributed by atoms with Crippen molar-refractivity contribution in [2.24, 2.45) is 5.92 Å². The molecule has 2 aromatic heterocycles. The van der Waals surface area contributed by atoms with Gasteiger partial charge in [0.1, 0.15) is 0 Å². The van der Waals surface area contributed by atoms with Crippen LogP contribution in [-0.2, 0) is 4.74 Å². The zero-order valence-electron chi connectivity index (χ0n) is 13.3. The summed E-state index contributed by atoms with van der Waals surface area (Å²) < 4.78 is 11.7. The Morgan fingerprint density at radius 3 is 3.12 bits per heavy atom. The number of carbonyl (C=O) groups excluding carboxylic acids is 1. The van der Waals surface area contributed by atoms with Crippen LogP contribution in [0.5, 0.6) is 5.88 Å². The summed E-state index contributed by atoms with van der Waals surface area (Å²) in [6, 6.07) is 7.71. The van der Waals surface area contributed by atoms with Crippen LogP contribution in [0.3, 0.4) is 0 Å². The minimum absolute atomic E-state index is 0.124. The van der Waals surface area contributed by atoms with Crippen LogP contribution in [0.1, 0.15) is 23.2 Å². The second-order valence-corrected chi connectivity index (χ2v) is 7.08. The second-order valence-electron chi connectivity index (χ2n) is 6.30. The summed E-state index contributed by atoms with van der Waals surface area (Å²) in [6.45, 7) is 1.91. The number of rotatable bonds is 4. The van der Waals surface area contributed by atoms with Crippen LogP contribution in [-0.4, -0.2) is 47.7 Å². The lowest BCUT2D eigenvalue weighted by molar-refractivity contribution is -0.0448. The van der Waals surface area contributed by atoms with Crippen LogP contribution >= 0.6 is 11.3 Å². The summed E-state index contributed by atoms with van der Waals surface area (Å²) in [5, 5.41) is 3.87. The Labute approximate surface area is 145 Å². The van der Waals surface area contributed by atoms with E-state index in [2.05, 4.69) is 4.98 Å². The van der Waals surface area contributed by atoms with Gasteiger partial charge in [0.2, 0.25) is 5.88 Å². The molecule has 0 bridgehead atoms. The molecule has 1 amide bonds. The molecular weight excluding hydrogens is 324 g/mol.